The Labute approximate surface area is 118 Å². The molecule has 5 nitrogen and oxygen atoms in total. The standard InChI is InChI=1S/C15H21N3O2/c1-10-4-6-15(19,7-5-10)9-17-14-18-12-3-2-11(16)8-13(12)20-14/h2-3,8,10,19H,4-7,9,16H2,1H3,(H,17,18). The average molecular weight is 275 g/mol. The van der Waals surface area contributed by atoms with Crippen LogP contribution in [0.25, 0.3) is 11.1 Å². The molecule has 1 fully saturated rings. The highest BCUT2D eigenvalue weighted by Gasteiger charge is 2.31. The van der Waals surface area contributed by atoms with Crippen molar-refractivity contribution in [2.24, 2.45) is 5.92 Å². The van der Waals surface area contributed by atoms with Gasteiger partial charge in [-0.2, -0.15) is 4.98 Å². The molecule has 0 radical (unpaired) electrons. The monoisotopic (exact) mass is 275 g/mol. The highest BCUT2D eigenvalue weighted by Crippen LogP contribution is 2.32. The number of nitrogens with two attached hydrogens (primary N) is 1. The molecule has 5 heteroatoms. The molecule has 1 aliphatic carbocycles. The van der Waals surface area contributed by atoms with E-state index in [-0.39, 0.29) is 0 Å². The molecule has 2 aromatic rings. The van der Waals surface area contributed by atoms with Crippen molar-refractivity contribution < 1.29 is 9.52 Å². The molecule has 4 N–H and O–H groups in total. The number of oxazole rings is 1. The first kappa shape index (κ1) is 13.2. The van der Waals surface area contributed by atoms with Gasteiger partial charge in [-0.1, -0.05) is 6.92 Å². The normalized spacial score (nSPS) is 26.8. The minimum absolute atomic E-state index is 0.442. The predicted octanol–water partition coefficient (Wildman–Crippen LogP) is 2.76. The molecule has 108 valence electrons. The first-order chi connectivity index (χ1) is 9.54. The molecule has 0 atom stereocenters. The molecule has 20 heavy (non-hydrogen) atoms. The van der Waals surface area contributed by atoms with E-state index in [9.17, 15) is 5.11 Å². The van der Waals surface area contributed by atoms with Crippen LogP contribution in [-0.4, -0.2) is 22.2 Å². The van der Waals surface area contributed by atoms with Gasteiger partial charge in [0, 0.05) is 18.3 Å². The number of nitrogens with one attached hydrogen (secondary N) is 1. The molecule has 0 saturated heterocycles. The van der Waals surface area contributed by atoms with Crippen molar-refractivity contribution >= 4 is 22.8 Å². The van der Waals surface area contributed by atoms with Gasteiger partial charge in [0.05, 0.1) is 5.60 Å². The van der Waals surface area contributed by atoms with Crippen LogP contribution >= 0.6 is 0 Å². The van der Waals surface area contributed by atoms with Crippen LogP contribution in [0.1, 0.15) is 32.6 Å². The van der Waals surface area contributed by atoms with Crippen LogP contribution in [0.4, 0.5) is 11.7 Å². The van der Waals surface area contributed by atoms with E-state index in [0.29, 0.717) is 29.7 Å². The molecule has 1 heterocycles. The van der Waals surface area contributed by atoms with Crippen LogP contribution in [0, 0.1) is 5.92 Å². The number of aliphatic hydroxyl groups is 1. The predicted molar refractivity (Wildman–Crippen MR) is 79.5 cm³/mol. The summed E-state index contributed by atoms with van der Waals surface area (Å²) in [6.07, 6.45) is 3.80. The van der Waals surface area contributed by atoms with Crippen LogP contribution in [0.2, 0.25) is 0 Å². The lowest BCUT2D eigenvalue weighted by Crippen LogP contribution is -2.40. The van der Waals surface area contributed by atoms with Gasteiger partial charge in [-0.15, -0.1) is 0 Å². The minimum Gasteiger partial charge on any atom is -0.423 e. The zero-order valence-electron chi connectivity index (χ0n) is 11.7. The lowest BCUT2D eigenvalue weighted by molar-refractivity contribution is 0.00463. The first-order valence-electron chi connectivity index (χ1n) is 7.16. The van der Waals surface area contributed by atoms with Gasteiger partial charge in [0.1, 0.15) is 5.52 Å². The summed E-state index contributed by atoms with van der Waals surface area (Å²) in [6, 6.07) is 5.82. The minimum atomic E-state index is -0.647. The number of benzene rings is 1. The van der Waals surface area contributed by atoms with E-state index in [4.69, 9.17) is 10.2 Å². The fraction of sp³-hybridized carbons (Fsp3) is 0.533. The van der Waals surface area contributed by atoms with E-state index in [2.05, 4.69) is 17.2 Å². The highest BCUT2D eigenvalue weighted by molar-refractivity contribution is 5.78. The summed E-state index contributed by atoms with van der Waals surface area (Å²) >= 11 is 0. The Hall–Kier alpha value is -1.75. The second-order valence-corrected chi connectivity index (χ2v) is 6.01. The summed E-state index contributed by atoms with van der Waals surface area (Å²) in [6.45, 7) is 2.71. The van der Waals surface area contributed by atoms with E-state index < -0.39 is 5.60 Å². The lowest BCUT2D eigenvalue weighted by Gasteiger charge is -2.34. The van der Waals surface area contributed by atoms with E-state index in [0.717, 1.165) is 31.2 Å². The van der Waals surface area contributed by atoms with Crippen LogP contribution < -0.4 is 11.1 Å². The molecule has 0 bridgehead atoms. The van der Waals surface area contributed by atoms with Crippen molar-refractivity contribution in [2.45, 2.75) is 38.2 Å². The van der Waals surface area contributed by atoms with E-state index in [1.807, 2.05) is 6.07 Å². The van der Waals surface area contributed by atoms with Crippen molar-refractivity contribution in [1.82, 2.24) is 4.98 Å². The number of anilines is 2. The number of aromatic nitrogens is 1. The summed E-state index contributed by atoms with van der Waals surface area (Å²) < 4.78 is 5.59. The smallest absolute Gasteiger partial charge is 0.295 e. The Bertz CT molecular complexity index is 600. The van der Waals surface area contributed by atoms with Crippen LogP contribution in [-0.2, 0) is 0 Å². The summed E-state index contributed by atoms with van der Waals surface area (Å²) in [5, 5.41) is 13.6. The fourth-order valence-corrected chi connectivity index (χ4v) is 2.73. The van der Waals surface area contributed by atoms with Gasteiger partial charge in [-0.05, 0) is 43.7 Å². The number of fused-ring (bicyclic) bond motifs is 1. The Morgan fingerprint density at radius 2 is 2.20 bits per heavy atom. The van der Waals surface area contributed by atoms with Gasteiger partial charge in [0.15, 0.2) is 5.58 Å². The quantitative estimate of drug-likeness (QED) is 0.750. The van der Waals surface area contributed by atoms with E-state index in [1.54, 1.807) is 12.1 Å². The van der Waals surface area contributed by atoms with Crippen LogP contribution in [0.3, 0.4) is 0 Å². The topological polar surface area (TPSA) is 84.3 Å². The Morgan fingerprint density at radius 1 is 1.45 bits per heavy atom. The van der Waals surface area contributed by atoms with E-state index >= 15 is 0 Å². The molecular weight excluding hydrogens is 254 g/mol. The molecule has 1 aromatic heterocycles. The van der Waals surface area contributed by atoms with Crippen molar-refractivity contribution in [3.63, 3.8) is 0 Å². The van der Waals surface area contributed by atoms with Crippen LogP contribution in [0.15, 0.2) is 22.6 Å². The number of nitrogen functional groups attached to an aromatic ring is 1. The third-order valence-electron chi connectivity index (χ3n) is 4.19. The van der Waals surface area contributed by atoms with Gasteiger partial charge in [-0.25, -0.2) is 0 Å². The zero-order valence-corrected chi connectivity index (χ0v) is 11.7. The maximum atomic E-state index is 10.5. The SMILES string of the molecule is CC1CCC(O)(CNc2nc3ccc(N)cc3o2)CC1. The summed E-state index contributed by atoms with van der Waals surface area (Å²) in [5.74, 6) is 0.711. The molecule has 0 amide bonds. The van der Waals surface area contributed by atoms with Crippen molar-refractivity contribution in [3.05, 3.63) is 18.2 Å². The van der Waals surface area contributed by atoms with Crippen molar-refractivity contribution in [3.8, 4) is 0 Å². The van der Waals surface area contributed by atoms with Gasteiger partial charge >= 0.3 is 0 Å². The maximum Gasteiger partial charge on any atom is 0.295 e. The molecule has 0 spiro atoms. The molecular formula is C15H21N3O2. The second kappa shape index (κ2) is 4.98. The number of hydrogen-bond acceptors (Lipinski definition) is 5. The van der Waals surface area contributed by atoms with E-state index in [1.165, 1.54) is 0 Å². The summed E-state index contributed by atoms with van der Waals surface area (Å²) in [5.41, 5.74) is 7.15. The van der Waals surface area contributed by atoms with Gasteiger partial charge in [0.25, 0.3) is 6.01 Å². The molecule has 1 aromatic carbocycles. The van der Waals surface area contributed by atoms with Gasteiger partial charge < -0.3 is 20.6 Å². The van der Waals surface area contributed by atoms with Gasteiger partial charge in [0.2, 0.25) is 0 Å². The number of hydrogen-bond donors (Lipinski definition) is 3. The fourth-order valence-electron chi connectivity index (χ4n) is 2.73. The summed E-state index contributed by atoms with van der Waals surface area (Å²) in [7, 11) is 0. The van der Waals surface area contributed by atoms with Crippen molar-refractivity contribution in [2.75, 3.05) is 17.6 Å². The summed E-state index contributed by atoms with van der Waals surface area (Å²) in [4.78, 5) is 4.34. The number of nitrogens with zero attached hydrogens (tertiary/aromatic N) is 1. The maximum absolute atomic E-state index is 10.5. The highest BCUT2D eigenvalue weighted by atomic mass is 16.4. The third kappa shape index (κ3) is 2.72. The zero-order chi connectivity index (χ0) is 14.2. The molecule has 0 unspecified atom stereocenters. The molecule has 3 rings (SSSR count). The second-order valence-electron chi connectivity index (χ2n) is 6.01. The first-order valence-corrected chi connectivity index (χ1v) is 7.16. The van der Waals surface area contributed by atoms with Gasteiger partial charge in [-0.3, -0.25) is 0 Å². The molecule has 0 aliphatic heterocycles. The Balaban J connectivity index is 1.67. The average Bonchev–Trinajstić information content (AvgIpc) is 2.82. The number of rotatable bonds is 3. The Morgan fingerprint density at radius 3 is 2.95 bits per heavy atom. The molecule has 1 saturated carbocycles. The largest absolute Gasteiger partial charge is 0.423 e. The Kier molecular flexibility index (Phi) is 3.30. The van der Waals surface area contributed by atoms with Crippen LogP contribution in [0.5, 0.6) is 0 Å². The molecule has 1 aliphatic rings. The van der Waals surface area contributed by atoms with Crippen molar-refractivity contribution in [1.29, 1.82) is 0 Å². The lowest BCUT2D eigenvalue weighted by atomic mass is 9.79. The third-order valence-corrected chi connectivity index (χ3v) is 4.19.